The maximum Gasteiger partial charge on any atom is 0.152 e. The van der Waals surface area contributed by atoms with Gasteiger partial charge in [-0.1, -0.05) is 5.92 Å². The van der Waals surface area contributed by atoms with Crippen molar-refractivity contribution in [1.29, 1.82) is 0 Å². The zero-order valence-electron chi connectivity index (χ0n) is 5.24. The van der Waals surface area contributed by atoms with E-state index in [0.29, 0.717) is 17.4 Å². The highest BCUT2D eigenvalue weighted by Crippen LogP contribution is 2.00. The third kappa shape index (κ3) is 1.03. The van der Waals surface area contributed by atoms with Gasteiger partial charge in [0.05, 0.1) is 0 Å². The molecule has 0 radical (unpaired) electrons. The molecule has 0 unspecified atom stereocenters. The normalized spacial score (nSPS) is 8.30. The van der Waals surface area contributed by atoms with E-state index < -0.39 is 0 Å². The summed E-state index contributed by atoms with van der Waals surface area (Å²) in [5.41, 5.74) is 1.05. The Hall–Kier alpha value is -1.62. The Morgan fingerprint density at radius 1 is 1.70 bits per heavy atom. The van der Waals surface area contributed by atoms with Crippen LogP contribution < -0.4 is 0 Å². The molecule has 0 aliphatic carbocycles. The molecular weight excluding hydrogens is 126 g/mol. The van der Waals surface area contributed by atoms with Gasteiger partial charge in [0, 0.05) is 23.5 Å². The van der Waals surface area contributed by atoms with Gasteiger partial charge in [-0.25, -0.2) is 0 Å². The van der Waals surface area contributed by atoms with Gasteiger partial charge in [-0.15, -0.1) is 6.42 Å². The first-order chi connectivity index (χ1) is 4.88. The quantitative estimate of drug-likeness (QED) is 0.418. The number of nitrogens with zero attached hydrogens (tertiary/aromatic N) is 1. The predicted octanol–water partition coefficient (Wildman–Crippen LogP) is 0.875. The van der Waals surface area contributed by atoms with Crippen molar-refractivity contribution in [2.24, 2.45) is 0 Å². The number of pyridine rings is 1. The third-order valence-electron chi connectivity index (χ3n) is 1.13. The van der Waals surface area contributed by atoms with Gasteiger partial charge in [-0.05, 0) is 6.07 Å². The second-order valence-corrected chi connectivity index (χ2v) is 1.73. The average Bonchev–Trinajstić information content (AvgIpc) is 2.04. The molecule has 1 aromatic rings. The van der Waals surface area contributed by atoms with Crippen molar-refractivity contribution in [2.45, 2.75) is 0 Å². The van der Waals surface area contributed by atoms with Crippen molar-refractivity contribution in [3.63, 3.8) is 0 Å². The molecule has 0 amide bonds. The largest absolute Gasteiger partial charge is 0.298 e. The number of aromatic nitrogens is 1. The molecule has 2 nitrogen and oxygen atoms in total. The summed E-state index contributed by atoms with van der Waals surface area (Å²) in [7, 11) is 0. The lowest BCUT2D eigenvalue weighted by Gasteiger charge is -1.91. The molecule has 0 bridgehead atoms. The van der Waals surface area contributed by atoms with E-state index in [1.807, 2.05) is 0 Å². The first kappa shape index (κ1) is 6.50. The number of carbonyl (C=O) groups is 1. The Labute approximate surface area is 58.9 Å². The molecule has 1 rings (SSSR count). The van der Waals surface area contributed by atoms with Crippen LogP contribution in [0.2, 0.25) is 0 Å². The summed E-state index contributed by atoms with van der Waals surface area (Å²) in [4.78, 5) is 14.0. The molecule has 1 aromatic heterocycles. The van der Waals surface area contributed by atoms with Crippen molar-refractivity contribution in [1.82, 2.24) is 4.98 Å². The zero-order chi connectivity index (χ0) is 7.40. The van der Waals surface area contributed by atoms with E-state index in [1.54, 1.807) is 12.3 Å². The minimum Gasteiger partial charge on any atom is -0.298 e. The monoisotopic (exact) mass is 131 g/mol. The Morgan fingerprint density at radius 3 is 3.00 bits per heavy atom. The number of terminal acetylenes is 1. The Morgan fingerprint density at radius 2 is 2.50 bits per heavy atom. The van der Waals surface area contributed by atoms with Crippen LogP contribution >= 0.6 is 0 Å². The van der Waals surface area contributed by atoms with Crippen LogP contribution in [-0.4, -0.2) is 11.3 Å². The van der Waals surface area contributed by atoms with E-state index in [-0.39, 0.29) is 0 Å². The number of hydrogen-bond acceptors (Lipinski definition) is 2. The van der Waals surface area contributed by atoms with Gasteiger partial charge in [-0.2, -0.15) is 0 Å². The lowest BCUT2D eigenvalue weighted by molar-refractivity contribution is 0.112. The summed E-state index contributed by atoms with van der Waals surface area (Å²) < 4.78 is 0. The van der Waals surface area contributed by atoms with Crippen LogP contribution in [0.1, 0.15) is 15.9 Å². The van der Waals surface area contributed by atoms with E-state index in [1.165, 1.54) is 6.20 Å². The highest BCUT2D eigenvalue weighted by atomic mass is 16.1. The van der Waals surface area contributed by atoms with E-state index in [0.717, 1.165) is 0 Å². The first-order valence-corrected chi connectivity index (χ1v) is 2.74. The van der Waals surface area contributed by atoms with Crippen LogP contribution in [-0.2, 0) is 0 Å². The summed E-state index contributed by atoms with van der Waals surface area (Å²) >= 11 is 0. The standard InChI is InChI=1S/C8H5NO/c1-2-7-3-4-9-5-8(7)6-10/h1,3-6H. The maximum atomic E-state index is 10.3. The van der Waals surface area contributed by atoms with Crippen LogP contribution in [0.5, 0.6) is 0 Å². The van der Waals surface area contributed by atoms with Crippen molar-refractivity contribution < 1.29 is 4.79 Å². The van der Waals surface area contributed by atoms with Gasteiger partial charge in [0.2, 0.25) is 0 Å². The number of hydrogen-bond donors (Lipinski definition) is 0. The molecule has 0 saturated heterocycles. The Balaban J connectivity index is 3.24. The summed E-state index contributed by atoms with van der Waals surface area (Å²) in [6.07, 6.45) is 8.79. The molecule has 0 spiro atoms. The highest BCUT2D eigenvalue weighted by molar-refractivity contribution is 5.78. The minimum atomic E-state index is 0.463. The molecule has 10 heavy (non-hydrogen) atoms. The highest BCUT2D eigenvalue weighted by Gasteiger charge is 1.94. The molecule has 0 aliphatic rings. The SMILES string of the molecule is C#Cc1ccncc1C=O. The summed E-state index contributed by atoms with van der Waals surface area (Å²) in [5.74, 6) is 2.38. The van der Waals surface area contributed by atoms with Crippen molar-refractivity contribution >= 4 is 6.29 Å². The molecular formula is C8H5NO. The van der Waals surface area contributed by atoms with E-state index in [2.05, 4.69) is 10.9 Å². The fourth-order valence-electron chi connectivity index (χ4n) is 0.632. The van der Waals surface area contributed by atoms with Crippen LogP contribution in [0.15, 0.2) is 18.5 Å². The van der Waals surface area contributed by atoms with Crippen molar-refractivity contribution in [2.75, 3.05) is 0 Å². The van der Waals surface area contributed by atoms with Gasteiger partial charge in [-0.3, -0.25) is 9.78 Å². The Bertz CT molecular complexity index is 286. The summed E-state index contributed by atoms with van der Waals surface area (Å²) in [6, 6.07) is 1.63. The minimum absolute atomic E-state index is 0.463. The van der Waals surface area contributed by atoms with Crippen LogP contribution in [0.3, 0.4) is 0 Å². The molecule has 48 valence electrons. The molecule has 0 N–H and O–H groups in total. The average molecular weight is 131 g/mol. The number of rotatable bonds is 1. The smallest absolute Gasteiger partial charge is 0.152 e. The molecule has 0 saturated carbocycles. The fourth-order valence-corrected chi connectivity index (χ4v) is 0.632. The van der Waals surface area contributed by atoms with Crippen LogP contribution in [0.25, 0.3) is 0 Å². The molecule has 0 aromatic carbocycles. The van der Waals surface area contributed by atoms with Crippen LogP contribution in [0.4, 0.5) is 0 Å². The van der Waals surface area contributed by atoms with Crippen molar-refractivity contribution in [3.8, 4) is 12.3 Å². The van der Waals surface area contributed by atoms with E-state index in [9.17, 15) is 4.79 Å². The third-order valence-corrected chi connectivity index (χ3v) is 1.13. The lowest BCUT2D eigenvalue weighted by Crippen LogP contribution is -1.86. The fraction of sp³-hybridized carbons (Fsp3) is 0. The van der Waals surface area contributed by atoms with Gasteiger partial charge < -0.3 is 0 Å². The van der Waals surface area contributed by atoms with Crippen molar-refractivity contribution in [3.05, 3.63) is 29.6 Å². The second-order valence-electron chi connectivity index (χ2n) is 1.73. The van der Waals surface area contributed by atoms with Crippen LogP contribution in [0, 0.1) is 12.3 Å². The van der Waals surface area contributed by atoms with Gasteiger partial charge >= 0.3 is 0 Å². The zero-order valence-corrected chi connectivity index (χ0v) is 5.24. The lowest BCUT2D eigenvalue weighted by atomic mass is 10.2. The molecule has 2 heteroatoms. The van der Waals surface area contributed by atoms with E-state index >= 15 is 0 Å². The first-order valence-electron chi connectivity index (χ1n) is 2.74. The molecule has 0 fully saturated rings. The maximum absolute atomic E-state index is 10.3. The molecule has 1 heterocycles. The molecule has 0 aliphatic heterocycles. The number of aldehydes is 1. The topological polar surface area (TPSA) is 30.0 Å². The van der Waals surface area contributed by atoms with Gasteiger partial charge in [0.25, 0.3) is 0 Å². The molecule has 0 atom stereocenters. The second kappa shape index (κ2) is 2.79. The van der Waals surface area contributed by atoms with Gasteiger partial charge in [0.1, 0.15) is 0 Å². The predicted molar refractivity (Wildman–Crippen MR) is 37.6 cm³/mol. The summed E-state index contributed by atoms with van der Waals surface area (Å²) in [6.45, 7) is 0. The number of carbonyl (C=O) groups excluding carboxylic acids is 1. The van der Waals surface area contributed by atoms with Gasteiger partial charge in [0.15, 0.2) is 6.29 Å². The summed E-state index contributed by atoms with van der Waals surface area (Å²) in [5, 5.41) is 0. The Kier molecular flexibility index (Phi) is 1.81. The van der Waals surface area contributed by atoms with E-state index in [4.69, 9.17) is 6.42 Å².